The zero-order valence-electron chi connectivity index (χ0n) is 16.1. The molecule has 0 aliphatic carbocycles. The molecule has 5 heteroatoms. The Bertz CT molecular complexity index is 950. The summed E-state index contributed by atoms with van der Waals surface area (Å²) in [6, 6.07) is 22.2. The minimum atomic E-state index is -0.0466. The zero-order chi connectivity index (χ0) is 19.3. The van der Waals surface area contributed by atoms with Gasteiger partial charge in [0.05, 0.1) is 12.8 Å². The number of anilines is 1. The lowest BCUT2D eigenvalue weighted by Crippen LogP contribution is -2.49. The molecule has 0 atom stereocenters. The Hall–Kier alpha value is -3.05. The number of piperazine rings is 1. The highest BCUT2D eigenvalue weighted by molar-refractivity contribution is 6.02. The molecule has 3 aromatic carbocycles. The van der Waals surface area contributed by atoms with Crippen molar-refractivity contribution in [2.45, 2.75) is 6.54 Å². The normalized spacial score (nSPS) is 14.8. The number of fused-ring (bicyclic) bond motifs is 1. The largest absolute Gasteiger partial charge is 0.497 e. The van der Waals surface area contributed by atoms with Gasteiger partial charge >= 0.3 is 6.03 Å². The van der Waals surface area contributed by atoms with Crippen LogP contribution in [0.2, 0.25) is 0 Å². The van der Waals surface area contributed by atoms with Gasteiger partial charge in [-0.3, -0.25) is 4.90 Å². The number of carbonyl (C=O) groups is 1. The monoisotopic (exact) mass is 375 g/mol. The minimum Gasteiger partial charge on any atom is -0.497 e. The van der Waals surface area contributed by atoms with Crippen molar-refractivity contribution in [3.63, 3.8) is 0 Å². The van der Waals surface area contributed by atoms with Gasteiger partial charge in [0.1, 0.15) is 5.75 Å². The van der Waals surface area contributed by atoms with Gasteiger partial charge in [-0.2, -0.15) is 0 Å². The average molecular weight is 375 g/mol. The number of hydrogen-bond acceptors (Lipinski definition) is 3. The average Bonchev–Trinajstić information content (AvgIpc) is 2.75. The molecule has 0 radical (unpaired) electrons. The molecule has 0 aromatic heterocycles. The van der Waals surface area contributed by atoms with Gasteiger partial charge in [0.2, 0.25) is 0 Å². The SMILES string of the molecule is COc1ccc2cccc(NC(=O)N3CCN(Cc4ccccc4)CC3)c2c1. The highest BCUT2D eigenvalue weighted by Gasteiger charge is 2.21. The van der Waals surface area contributed by atoms with E-state index < -0.39 is 0 Å². The lowest BCUT2D eigenvalue weighted by atomic mass is 10.1. The number of ether oxygens (including phenoxy) is 1. The van der Waals surface area contributed by atoms with Gasteiger partial charge in [-0.15, -0.1) is 0 Å². The van der Waals surface area contributed by atoms with E-state index in [0.29, 0.717) is 0 Å². The first-order valence-electron chi connectivity index (χ1n) is 9.62. The highest BCUT2D eigenvalue weighted by atomic mass is 16.5. The van der Waals surface area contributed by atoms with Crippen LogP contribution in [0.3, 0.4) is 0 Å². The molecule has 1 aliphatic rings. The van der Waals surface area contributed by atoms with Gasteiger partial charge in [0.15, 0.2) is 0 Å². The van der Waals surface area contributed by atoms with Crippen LogP contribution in [0.25, 0.3) is 10.8 Å². The van der Waals surface area contributed by atoms with Crippen molar-refractivity contribution in [3.8, 4) is 5.75 Å². The maximum Gasteiger partial charge on any atom is 0.321 e. The maximum absolute atomic E-state index is 12.8. The molecule has 1 heterocycles. The molecular weight excluding hydrogens is 350 g/mol. The molecule has 0 unspecified atom stereocenters. The standard InChI is InChI=1S/C23H25N3O2/c1-28-20-11-10-19-8-5-9-22(21(19)16-20)24-23(27)26-14-12-25(13-15-26)17-18-6-3-2-4-7-18/h2-11,16H,12-15,17H2,1H3,(H,24,27). The zero-order valence-corrected chi connectivity index (χ0v) is 16.1. The van der Waals surface area contributed by atoms with Gasteiger partial charge in [0, 0.05) is 38.1 Å². The Labute approximate surface area is 165 Å². The predicted molar refractivity (Wildman–Crippen MR) is 113 cm³/mol. The third kappa shape index (κ3) is 4.10. The summed E-state index contributed by atoms with van der Waals surface area (Å²) in [5, 5.41) is 5.14. The molecule has 0 saturated carbocycles. The van der Waals surface area contributed by atoms with Gasteiger partial charge < -0.3 is 15.0 Å². The van der Waals surface area contributed by atoms with E-state index in [2.05, 4.69) is 34.5 Å². The van der Waals surface area contributed by atoms with Crippen LogP contribution in [0, 0.1) is 0 Å². The lowest BCUT2D eigenvalue weighted by molar-refractivity contribution is 0.143. The number of hydrogen-bond donors (Lipinski definition) is 1. The summed E-state index contributed by atoms with van der Waals surface area (Å²) in [6.07, 6.45) is 0. The van der Waals surface area contributed by atoms with Gasteiger partial charge in [-0.25, -0.2) is 4.79 Å². The van der Waals surface area contributed by atoms with E-state index in [0.717, 1.165) is 54.9 Å². The van der Waals surface area contributed by atoms with Gasteiger partial charge in [-0.1, -0.05) is 48.5 Å². The maximum atomic E-state index is 12.8. The van der Waals surface area contributed by atoms with E-state index in [-0.39, 0.29) is 6.03 Å². The lowest BCUT2D eigenvalue weighted by Gasteiger charge is -2.34. The summed E-state index contributed by atoms with van der Waals surface area (Å²) in [6.45, 7) is 4.15. The Morgan fingerprint density at radius 2 is 1.75 bits per heavy atom. The van der Waals surface area contributed by atoms with Crippen LogP contribution in [0.4, 0.5) is 10.5 Å². The summed E-state index contributed by atoms with van der Waals surface area (Å²) in [7, 11) is 1.65. The van der Waals surface area contributed by atoms with Crippen molar-refractivity contribution in [2.75, 3.05) is 38.6 Å². The molecule has 144 valence electrons. The Kier molecular flexibility index (Phi) is 5.44. The molecular formula is C23H25N3O2. The van der Waals surface area contributed by atoms with Crippen molar-refractivity contribution in [3.05, 3.63) is 72.3 Å². The highest BCUT2D eigenvalue weighted by Crippen LogP contribution is 2.27. The number of carbonyl (C=O) groups excluding carboxylic acids is 1. The second-order valence-electron chi connectivity index (χ2n) is 7.07. The van der Waals surface area contributed by atoms with Crippen LogP contribution in [0.5, 0.6) is 5.75 Å². The molecule has 0 bridgehead atoms. The summed E-state index contributed by atoms with van der Waals surface area (Å²) < 4.78 is 5.33. The third-order valence-electron chi connectivity index (χ3n) is 5.24. The molecule has 3 aromatic rings. The first-order chi connectivity index (χ1) is 13.7. The van der Waals surface area contributed by atoms with E-state index in [1.165, 1.54) is 5.56 Å². The molecule has 28 heavy (non-hydrogen) atoms. The summed E-state index contributed by atoms with van der Waals surface area (Å²) in [5.74, 6) is 0.781. The first-order valence-corrected chi connectivity index (χ1v) is 9.62. The molecule has 1 aliphatic heterocycles. The predicted octanol–water partition coefficient (Wildman–Crippen LogP) is 4.20. The van der Waals surface area contributed by atoms with Gasteiger partial charge in [0.25, 0.3) is 0 Å². The van der Waals surface area contributed by atoms with E-state index in [1.54, 1.807) is 7.11 Å². The third-order valence-corrected chi connectivity index (χ3v) is 5.24. The number of benzene rings is 3. The number of nitrogens with one attached hydrogen (secondary N) is 1. The summed E-state index contributed by atoms with van der Waals surface area (Å²) in [4.78, 5) is 17.1. The molecule has 1 fully saturated rings. The molecule has 1 saturated heterocycles. The second kappa shape index (κ2) is 8.31. The number of nitrogens with zero attached hydrogens (tertiary/aromatic N) is 2. The Morgan fingerprint density at radius 1 is 0.964 bits per heavy atom. The van der Waals surface area contributed by atoms with Crippen LogP contribution in [-0.4, -0.2) is 49.1 Å². The number of amides is 2. The summed E-state index contributed by atoms with van der Waals surface area (Å²) in [5.41, 5.74) is 2.12. The Balaban J connectivity index is 1.39. The number of urea groups is 1. The minimum absolute atomic E-state index is 0.0466. The fourth-order valence-corrected chi connectivity index (χ4v) is 3.63. The van der Waals surface area contributed by atoms with Crippen molar-refractivity contribution >= 4 is 22.5 Å². The van der Waals surface area contributed by atoms with E-state index in [1.807, 2.05) is 47.4 Å². The molecule has 0 spiro atoms. The van der Waals surface area contributed by atoms with E-state index >= 15 is 0 Å². The fourth-order valence-electron chi connectivity index (χ4n) is 3.63. The molecule has 5 nitrogen and oxygen atoms in total. The van der Waals surface area contributed by atoms with Crippen LogP contribution in [0.15, 0.2) is 66.7 Å². The quantitative estimate of drug-likeness (QED) is 0.743. The van der Waals surface area contributed by atoms with Crippen molar-refractivity contribution in [2.24, 2.45) is 0 Å². The number of rotatable bonds is 4. The molecule has 4 rings (SSSR count). The Morgan fingerprint density at radius 3 is 2.50 bits per heavy atom. The first kappa shape index (κ1) is 18.3. The summed E-state index contributed by atoms with van der Waals surface area (Å²) >= 11 is 0. The molecule has 1 N–H and O–H groups in total. The van der Waals surface area contributed by atoms with Crippen molar-refractivity contribution in [1.82, 2.24) is 9.80 Å². The number of methoxy groups -OCH3 is 1. The van der Waals surface area contributed by atoms with E-state index in [9.17, 15) is 4.79 Å². The fraction of sp³-hybridized carbons (Fsp3) is 0.261. The van der Waals surface area contributed by atoms with Gasteiger partial charge in [-0.05, 0) is 29.1 Å². The van der Waals surface area contributed by atoms with Crippen LogP contribution >= 0.6 is 0 Å². The van der Waals surface area contributed by atoms with Crippen LogP contribution in [0.1, 0.15) is 5.56 Å². The smallest absolute Gasteiger partial charge is 0.321 e. The molecule has 2 amide bonds. The second-order valence-corrected chi connectivity index (χ2v) is 7.07. The van der Waals surface area contributed by atoms with Crippen molar-refractivity contribution in [1.29, 1.82) is 0 Å². The van der Waals surface area contributed by atoms with E-state index in [4.69, 9.17) is 4.74 Å². The van der Waals surface area contributed by atoms with Crippen LogP contribution < -0.4 is 10.1 Å². The van der Waals surface area contributed by atoms with Crippen molar-refractivity contribution < 1.29 is 9.53 Å². The topological polar surface area (TPSA) is 44.8 Å². The van der Waals surface area contributed by atoms with Crippen LogP contribution in [-0.2, 0) is 6.54 Å².